The summed E-state index contributed by atoms with van der Waals surface area (Å²) in [7, 11) is 0. The molecular weight excluding hydrogens is 142 g/mol. The first kappa shape index (κ1) is 7.81. The molecule has 0 aromatic carbocycles. The fourth-order valence-electron chi connectivity index (χ4n) is 0.895. The maximum atomic E-state index is 9.16. The van der Waals surface area contributed by atoms with Crippen LogP contribution in [0, 0.1) is 5.41 Å². The van der Waals surface area contributed by atoms with Crippen molar-refractivity contribution in [2.24, 2.45) is 5.73 Å². The van der Waals surface area contributed by atoms with E-state index in [-0.39, 0.29) is 5.84 Å². The lowest BCUT2D eigenvalue weighted by atomic mass is 10.1. The molecule has 0 fully saturated rings. The Hall–Kier alpha value is -1.29. The molecule has 1 rings (SSSR count). The fourth-order valence-corrected chi connectivity index (χ4v) is 0.895. The van der Waals surface area contributed by atoms with Gasteiger partial charge in [-0.3, -0.25) is 10.6 Å². The number of hydroxylamine groups is 2. The molecule has 4 nitrogen and oxygen atoms in total. The van der Waals surface area contributed by atoms with Crippen LogP contribution in [0.1, 0.15) is 6.92 Å². The van der Waals surface area contributed by atoms with Crippen molar-refractivity contribution in [2.75, 3.05) is 6.54 Å². The van der Waals surface area contributed by atoms with Crippen LogP contribution in [0.2, 0.25) is 0 Å². The Morgan fingerprint density at radius 1 is 1.82 bits per heavy atom. The Morgan fingerprint density at radius 2 is 2.45 bits per heavy atom. The molecule has 1 aliphatic rings. The van der Waals surface area contributed by atoms with Gasteiger partial charge in [0.15, 0.2) is 0 Å². The Balaban J connectivity index is 2.90. The van der Waals surface area contributed by atoms with E-state index in [2.05, 4.69) is 0 Å². The third-order valence-electron chi connectivity index (χ3n) is 1.50. The third-order valence-corrected chi connectivity index (χ3v) is 1.50. The first-order valence-electron chi connectivity index (χ1n) is 3.30. The topological polar surface area (TPSA) is 73.3 Å². The lowest BCUT2D eigenvalue weighted by molar-refractivity contribution is -0.0388. The van der Waals surface area contributed by atoms with Crippen molar-refractivity contribution in [3.8, 4) is 0 Å². The van der Waals surface area contributed by atoms with Crippen LogP contribution in [-0.2, 0) is 0 Å². The number of nitrogens with zero attached hydrogens (tertiary/aromatic N) is 1. The van der Waals surface area contributed by atoms with Crippen LogP contribution >= 0.6 is 0 Å². The highest BCUT2D eigenvalue weighted by atomic mass is 16.5. The third kappa shape index (κ3) is 1.59. The van der Waals surface area contributed by atoms with Gasteiger partial charge in [-0.15, -0.1) is 0 Å². The molecule has 60 valence electrons. The molecule has 0 saturated heterocycles. The lowest BCUT2D eigenvalue weighted by Gasteiger charge is -2.21. The van der Waals surface area contributed by atoms with E-state index in [1.165, 1.54) is 0 Å². The highest BCUT2D eigenvalue weighted by Crippen LogP contribution is 2.11. The van der Waals surface area contributed by atoms with Crippen LogP contribution < -0.4 is 5.73 Å². The Bertz CT molecular complexity index is 242. The van der Waals surface area contributed by atoms with Gasteiger partial charge in [-0.2, -0.15) is 0 Å². The Morgan fingerprint density at radius 3 is 2.91 bits per heavy atom. The molecule has 1 heterocycles. The summed E-state index contributed by atoms with van der Waals surface area (Å²) in [6, 6.07) is 0. The van der Waals surface area contributed by atoms with Crippen molar-refractivity contribution < 1.29 is 5.21 Å². The van der Waals surface area contributed by atoms with Gasteiger partial charge in [0.05, 0.1) is 6.54 Å². The first-order chi connectivity index (χ1) is 5.11. The van der Waals surface area contributed by atoms with E-state index in [0.29, 0.717) is 12.2 Å². The van der Waals surface area contributed by atoms with E-state index in [4.69, 9.17) is 16.4 Å². The predicted molar refractivity (Wildman–Crippen MR) is 42.2 cm³/mol. The van der Waals surface area contributed by atoms with Gasteiger partial charge in [-0.05, 0) is 13.0 Å². The number of hydrogen-bond acceptors (Lipinski definition) is 3. The summed E-state index contributed by atoms with van der Waals surface area (Å²) in [5.41, 5.74) is 6.59. The minimum atomic E-state index is -0.111. The first-order valence-corrected chi connectivity index (χ1v) is 3.30. The zero-order chi connectivity index (χ0) is 8.43. The number of nitrogens with two attached hydrogens (primary N) is 1. The van der Waals surface area contributed by atoms with Crippen LogP contribution in [-0.4, -0.2) is 22.7 Å². The lowest BCUT2D eigenvalue weighted by Crippen LogP contribution is -2.30. The van der Waals surface area contributed by atoms with E-state index in [1.807, 2.05) is 13.0 Å². The quantitative estimate of drug-likeness (QED) is 0.378. The molecule has 0 spiro atoms. The molecular formula is C7H11N3O. The second-order valence-electron chi connectivity index (χ2n) is 2.47. The molecule has 4 heteroatoms. The molecule has 11 heavy (non-hydrogen) atoms. The van der Waals surface area contributed by atoms with Gasteiger partial charge in [0.1, 0.15) is 11.5 Å². The summed E-state index contributed by atoms with van der Waals surface area (Å²) in [5.74, 6) is -0.111. The minimum Gasteiger partial charge on any atom is -0.382 e. The second kappa shape index (κ2) is 2.75. The Kier molecular flexibility index (Phi) is 1.96. The van der Waals surface area contributed by atoms with Gasteiger partial charge >= 0.3 is 0 Å². The molecule has 0 radical (unpaired) electrons. The van der Waals surface area contributed by atoms with Crippen molar-refractivity contribution in [3.05, 3.63) is 23.4 Å². The SMILES string of the molecule is CC1=CCN(O)C(C(=N)N)=C1. The summed E-state index contributed by atoms with van der Waals surface area (Å²) in [4.78, 5) is 0. The summed E-state index contributed by atoms with van der Waals surface area (Å²) in [5, 5.41) is 17.2. The van der Waals surface area contributed by atoms with Crippen molar-refractivity contribution in [1.82, 2.24) is 5.06 Å². The molecule has 0 aromatic rings. The number of amidine groups is 1. The number of nitrogens with one attached hydrogen (secondary N) is 1. The molecule has 0 aromatic heterocycles. The Labute approximate surface area is 65.1 Å². The van der Waals surface area contributed by atoms with E-state index >= 15 is 0 Å². The van der Waals surface area contributed by atoms with Gasteiger partial charge < -0.3 is 5.73 Å². The van der Waals surface area contributed by atoms with Crippen molar-refractivity contribution in [2.45, 2.75) is 6.92 Å². The molecule has 0 atom stereocenters. The standard InChI is InChI=1S/C7H11N3O/c1-5-2-3-10(11)6(4-5)7(8)9/h2,4,11H,3H2,1H3,(H3,8,9). The van der Waals surface area contributed by atoms with Crippen LogP contribution in [0.3, 0.4) is 0 Å². The molecule has 1 aliphatic heterocycles. The highest BCUT2D eigenvalue weighted by molar-refractivity contribution is 5.94. The highest BCUT2D eigenvalue weighted by Gasteiger charge is 2.11. The van der Waals surface area contributed by atoms with E-state index in [1.54, 1.807) is 6.08 Å². The van der Waals surface area contributed by atoms with Crippen LogP contribution in [0.15, 0.2) is 23.4 Å². The zero-order valence-corrected chi connectivity index (χ0v) is 6.33. The van der Waals surface area contributed by atoms with Crippen molar-refractivity contribution in [1.29, 1.82) is 5.41 Å². The number of hydrogen-bond donors (Lipinski definition) is 3. The maximum absolute atomic E-state index is 9.16. The fraction of sp³-hybridized carbons (Fsp3) is 0.286. The van der Waals surface area contributed by atoms with Gasteiger partial charge in [-0.1, -0.05) is 11.6 Å². The maximum Gasteiger partial charge on any atom is 0.141 e. The van der Waals surface area contributed by atoms with Gasteiger partial charge in [0, 0.05) is 0 Å². The summed E-state index contributed by atoms with van der Waals surface area (Å²) < 4.78 is 0. The van der Waals surface area contributed by atoms with Crippen LogP contribution in [0.5, 0.6) is 0 Å². The van der Waals surface area contributed by atoms with E-state index in [9.17, 15) is 0 Å². The number of rotatable bonds is 1. The van der Waals surface area contributed by atoms with E-state index < -0.39 is 0 Å². The largest absolute Gasteiger partial charge is 0.382 e. The van der Waals surface area contributed by atoms with Crippen LogP contribution in [0.25, 0.3) is 0 Å². The zero-order valence-electron chi connectivity index (χ0n) is 6.33. The van der Waals surface area contributed by atoms with Crippen molar-refractivity contribution in [3.63, 3.8) is 0 Å². The smallest absolute Gasteiger partial charge is 0.141 e. The minimum absolute atomic E-state index is 0.111. The molecule has 4 N–H and O–H groups in total. The summed E-state index contributed by atoms with van der Waals surface area (Å²) >= 11 is 0. The molecule has 0 aliphatic carbocycles. The van der Waals surface area contributed by atoms with Gasteiger partial charge in [0.25, 0.3) is 0 Å². The average Bonchev–Trinajstić information content (AvgIpc) is 1.94. The van der Waals surface area contributed by atoms with Gasteiger partial charge in [-0.25, -0.2) is 5.06 Å². The number of allylic oxidation sites excluding steroid dienone is 2. The second-order valence-corrected chi connectivity index (χ2v) is 2.47. The summed E-state index contributed by atoms with van der Waals surface area (Å²) in [6.07, 6.45) is 3.53. The van der Waals surface area contributed by atoms with Crippen LogP contribution in [0.4, 0.5) is 0 Å². The predicted octanol–water partition coefficient (Wildman–Crippen LogP) is 0.457. The molecule has 0 bridgehead atoms. The molecule has 0 amide bonds. The molecule has 0 unspecified atom stereocenters. The van der Waals surface area contributed by atoms with E-state index in [0.717, 1.165) is 10.6 Å². The molecule has 0 saturated carbocycles. The summed E-state index contributed by atoms with van der Waals surface area (Å²) in [6.45, 7) is 2.30. The monoisotopic (exact) mass is 153 g/mol. The average molecular weight is 153 g/mol. The normalized spacial score (nSPS) is 17.5. The van der Waals surface area contributed by atoms with Gasteiger partial charge in [0.2, 0.25) is 0 Å². The van der Waals surface area contributed by atoms with Crippen molar-refractivity contribution >= 4 is 5.84 Å².